The van der Waals surface area contributed by atoms with E-state index in [-0.39, 0.29) is 5.97 Å². The van der Waals surface area contributed by atoms with Gasteiger partial charge in [-0.3, -0.25) is 4.79 Å². The quantitative estimate of drug-likeness (QED) is 0.552. The second kappa shape index (κ2) is 5.27. The minimum absolute atomic E-state index is 0.100. The standard InChI is InChI=1S/C10H25NO2Si2/c1-13-10(12)8-9-11(14(2,3)4)15(5,6)7/h8-9H2,1-7H3. The molecule has 0 radical (unpaired) electrons. The highest BCUT2D eigenvalue weighted by Gasteiger charge is 2.34. The maximum Gasteiger partial charge on any atom is 0.306 e. The summed E-state index contributed by atoms with van der Waals surface area (Å²) in [6, 6.07) is 0. The molecular formula is C10H25NO2Si2. The molecule has 0 unspecified atom stereocenters. The molecule has 0 aliphatic carbocycles. The summed E-state index contributed by atoms with van der Waals surface area (Å²) >= 11 is 0. The molecule has 0 saturated carbocycles. The summed E-state index contributed by atoms with van der Waals surface area (Å²) in [7, 11) is -1.17. The van der Waals surface area contributed by atoms with Gasteiger partial charge in [-0.15, -0.1) is 0 Å². The largest absolute Gasteiger partial charge is 0.469 e. The van der Waals surface area contributed by atoms with Crippen molar-refractivity contribution in [1.82, 2.24) is 4.23 Å². The third kappa shape index (κ3) is 5.48. The van der Waals surface area contributed by atoms with Gasteiger partial charge < -0.3 is 8.97 Å². The summed E-state index contributed by atoms with van der Waals surface area (Å²) in [5.74, 6) is -0.100. The lowest BCUT2D eigenvalue weighted by Crippen LogP contribution is -2.59. The smallest absolute Gasteiger partial charge is 0.306 e. The monoisotopic (exact) mass is 247 g/mol. The Hall–Kier alpha value is -0.136. The first-order chi connectivity index (χ1) is 6.59. The molecule has 90 valence electrons. The summed E-state index contributed by atoms with van der Waals surface area (Å²) < 4.78 is 7.29. The summed E-state index contributed by atoms with van der Waals surface area (Å²) in [5.41, 5.74) is 0. The van der Waals surface area contributed by atoms with Gasteiger partial charge in [0.2, 0.25) is 0 Å². The van der Waals surface area contributed by atoms with Crippen LogP contribution in [0.15, 0.2) is 0 Å². The molecule has 0 aromatic heterocycles. The number of hydrogen-bond acceptors (Lipinski definition) is 3. The van der Waals surface area contributed by atoms with Crippen molar-refractivity contribution in [2.45, 2.75) is 45.7 Å². The zero-order valence-electron chi connectivity index (χ0n) is 11.2. The van der Waals surface area contributed by atoms with Gasteiger partial charge in [-0.1, -0.05) is 39.3 Å². The van der Waals surface area contributed by atoms with Gasteiger partial charge in [0.15, 0.2) is 0 Å². The van der Waals surface area contributed by atoms with Gasteiger partial charge in [-0.2, -0.15) is 0 Å². The van der Waals surface area contributed by atoms with Crippen molar-refractivity contribution in [2.75, 3.05) is 13.7 Å². The zero-order chi connectivity index (χ0) is 12.3. The van der Waals surface area contributed by atoms with Gasteiger partial charge in [0.05, 0.1) is 13.5 Å². The maximum absolute atomic E-state index is 11.2. The van der Waals surface area contributed by atoms with E-state index in [1.54, 1.807) is 0 Å². The van der Waals surface area contributed by atoms with E-state index >= 15 is 0 Å². The van der Waals surface area contributed by atoms with E-state index in [2.05, 4.69) is 43.5 Å². The molecule has 3 nitrogen and oxygen atoms in total. The second-order valence-corrected chi connectivity index (χ2v) is 16.0. The van der Waals surface area contributed by atoms with Gasteiger partial charge in [0, 0.05) is 0 Å². The predicted molar refractivity (Wildman–Crippen MR) is 70.0 cm³/mol. The molecule has 0 heterocycles. The molecule has 0 bridgehead atoms. The maximum atomic E-state index is 11.2. The number of ether oxygens (including phenoxy) is 1. The normalized spacial score (nSPS) is 13.1. The Kier molecular flexibility index (Phi) is 5.22. The van der Waals surface area contributed by atoms with Crippen LogP contribution < -0.4 is 0 Å². The predicted octanol–water partition coefficient (Wildman–Crippen LogP) is 2.52. The first-order valence-electron chi connectivity index (χ1n) is 5.43. The fourth-order valence-electron chi connectivity index (χ4n) is 1.98. The summed E-state index contributed by atoms with van der Waals surface area (Å²) in [6.45, 7) is 14.9. The van der Waals surface area contributed by atoms with Crippen LogP contribution in [-0.2, 0) is 9.53 Å². The number of carbonyl (C=O) groups is 1. The lowest BCUT2D eigenvalue weighted by Gasteiger charge is -2.43. The Morgan fingerprint density at radius 2 is 1.47 bits per heavy atom. The van der Waals surface area contributed by atoms with E-state index in [9.17, 15) is 4.79 Å². The molecular weight excluding hydrogens is 222 g/mol. The molecule has 0 fully saturated rings. The van der Waals surface area contributed by atoms with Crippen LogP contribution in [0, 0.1) is 0 Å². The molecule has 0 amide bonds. The second-order valence-electron chi connectivity index (χ2n) is 5.82. The van der Waals surface area contributed by atoms with E-state index in [4.69, 9.17) is 4.74 Å². The summed E-state index contributed by atoms with van der Waals surface area (Å²) in [5, 5.41) is 0. The van der Waals surface area contributed by atoms with Crippen molar-refractivity contribution in [3.8, 4) is 0 Å². The van der Waals surface area contributed by atoms with Gasteiger partial charge in [-0.05, 0) is 6.54 Å². The van der Waals surface area contributed by atoms with Crippen LogP contribution in [0.2, 0.25) is 39.3 Å². The van der Waals surface area contributed by atoms with Crippen LogP contribution in [0.1, 0.15) is 6.42 Å². The fourth-order valence-corrected chi connectivity index (χ4v) is 11.6. The minimum atomic E-state index is -1.31. The number of hydrogen-bond donors (Lipinski definition) is 0. The van der Waals surface area contributed by atoms with Crippen molar-refractivity contribution in [1.29, 1.82) is 0 Å². The fraction of sp³-hybridized carbons (Fsp3) is 0.900. The number of esters is 1. The highest BCUT2D eigenvalue weighted by molar-refractivity contribution is 6.89. The highest BCUT2D eigenvalue weighted by Crippen LogP contribution is 2.19. The van der Waals surface area contributed by atoms with E-state index in [0.717, 1.165) is 6.54 Å². The van der Waals surface area contributed by atoms with Crippen LogP contribution in [0.4, 0.5) is 0 Å². The van der Waals surface area contributed by atoms with E-state index in [1.165, 1.54) is 7.11 Å². The molecule has 0 rings (SSSR count). The van der Waals surface area contributed by atoms with Crippen molar-refractivity contribution >= 4 is 22.4 Å². The molecule has 0 N–H and O–H groups in total. The van der Waals surface area contributed by atoms with Crippen LogP contribution in [-0.4, -0.2) is 40.3 Å². The number of methoxy groups -OCH3 is 1. The van der Waals surface area contributed by atoms with Crippen LogP contribution in [0.25, 0.3) is 0 Å². The molecule has 0 atom stereocenters. The Balaban J connectivity index is 4.49. The Morgan fingerprint density at radius 1 is 1.07 bits per heavy atom. The third-order valence-electron chi connectivity index (χ3n) is 2.39. The molecule has 0 aromatic rings. The lowest BCUT2D eigenvalue weighted by atomic mass is 10.4. The van der Waals surface area contributed by atoms with Gasteiger partial charge in [-0.25, -0.2) is 0 Å². The molecule has 0 aliphatic heterocycles. The average Bonchev–Trinajstić information content (AvgIpc) is 1.99. The highest BCUT2D eigenvalue weighted by atomic mass is 28.4. The first-order valence-corrected chi connectivity index (χ1v) is 12.3. The Labute approximate surface area is 96.0 Å². The van der Waals surface area contributed by atoms with Gasteiger partial charge >= 0.3 is 5.97 Å². The Morgan fingerprint density at radius 3 is 1.73 bits per heavy atom. The number of carbonyl (C=O) groups excluding carboxylic acids is 1. The molecule has 5 heteroatoms. The van der Waals surface area contributed by atoms with E-state index < -0.39 is 16.5 Å². The Bertz CT molecular complexity index is 204. The van der Waals surface area contributed by atoms with E-state index in [0.29, 0.717) is 6.42 Å². The SMILES string of the molecule is COC(=O)CCN([Si](C)(C)C)[Si](C)(C)C. The minimum Gasteiger partial charge on any atom is -0.469 e. The summed E-state index contributed by atoms with van der Waals surface area (Å²) in [6.07, 6.45) is 0.519. The van der Waals surface area contributed by atoms with Crippen LogP contribution in [0.3, 0.4) is 0 Å². The number of rotatable bonds is 5. The van der Waals surface area contributed by atoms with Crippen LogP contribution in [0.5, 0.6) is 0 Å². The lowest BCUT2D eigenvalue weighted by molar-refractivity contribution is -0.140. The molecule has 15 heavy (non-hydrogen) atoms. The molecule has 0 spiro atoms. The topological polar surface area (TPSA) is 29.5 Å². The van der Waals surface area contributed by atoms with Crippen LogP contribution >= 0.6 is 0 Å². The third-order valence-corrected chi connectivity index (χ3v) is 10.1. The van der Waals surface area contributed by atoms with Crippen molar-refractivity contribution in [2.24, 2.45) is 0 Å². The number of nitrogens with zero attached hydrogens (tertiary/aromatic N) is 1. The van der Waals surface area contributed by atoms with Gasteiger partial charge in [0.1, 0.15) is 16.5 Å². The molecule has 0 saturated heterocycles. The molecule has 0 aromatic carbocycles. The first kappa shape index (κ1) is 14.9. The average molecular weight is 247 g/mol. The van der Waals surface area contributed by atoms with Crippen molar-refractivity contribution in [3.05, 3.63) is 0 Å². The molecule has 0 aliphatic rings. The van der Waals surface area contributed by atoms with Gasteiger partial charge in [0.25, 0.3) is 0 Å². The zero-order valence-corrected chi connectivity index (χ0v) is 13.2. The van der Waals surface area contributed by atoms with Crippen molar-refractivity contribution < 1.29 is 9.53 Å². The van der Waals surface area contributed by atoms with Crippen molar-refractivity contribution in [3.63, 3.8) is 0 Å². The van der Waals surface area contributed by atoms with E-state index in [1.807, 2.05) is 0 Å². The summed E-state index contributed by atoms with van der Waals surface area (Å²) in [4.78, 5) is 11.2.